The van der Waals surface area contributed by atoms with Crippen molar-refractivity contribution in [2.75, 3.05) is 10.2 Å². The first-order chi connectivity index (χ1) is 10.6. The summed E-state index contributed by atoms with van der Waals surface area (Å²) < 4.78 is 0. The lowest BCUT2D eigenvalue weighted by Crippen LogP contribution is -2.48. The normalized spacial score (nSPS) is 21.3. The molecule has 0 saturated carbocycles. The second-order valence-electron chi connectivity index (χ2n) is 5.82. The van der Waals surface area contributed by atoms with Gasteiger partial charge in [0.15, 0.2) is 5.72 Å². The number of benzene rings is 1. The average Bonchev–Trinajstić information content (AvgIpc) is 2.79. The van der Waals surface area contributed by atoms with Gasteiger partial charge in [-0.05, 0) is 31.1 Å². The number of amides is 1. The maximum Gasteiger partial charge on any atom is 0.256 e. The summed E-state index contributed by atoms with van der Waals surface area (Å²) >= 11 is 3.34. The first-order valence-electron chi connectivity index (χ1n) is 8.02. The number of hydrogen-bond donors (Lipinski definition) is 1. The highest BCUT2D eigenvalue weighted by Crippen LogP contribution is 2.35. The van der Waals surface area contributed by atoms with Crippen molar-refractivity contribution in [1.29, 1.82) is 0 Å². The molecule has 4 heteroatoms. The lowest BCUT2D eigenvalue weighted by molar-refractivity contribution is -0.116. The van der Waals surface area contributed by atoms with E-state index in [-0.39, 0.29) is 5.91 Å². The summed E-state index contributed by atoms with van der Waals surface area (Å²) in [7, 11) is 0. The van der Waals surface area contributed by atoms with Crippen molar-refractivity contribution in [3.8, 4) is 0 Å². The Morgan fingerprint density at radius 3 is 2.45 bits per heavy atom. The molecule has 1 aromatic carbocycles. The van der Waals surface area contributed by atoms with Gasteiger partial charge in [0.1, 0.15) is 0 Å². The Kier molecular flexibility index (Phi) is 6.21. The van der Waals surface area contributed by atoms with E-state index in [4.69, 9.17) is 0 Å². The fraction of sp³-hybridized carbons (Fsp3) is 0.500. The Hall–Kier alpha value is -1.13. The van der Waals surface area contributed by atoms with E-state index in [0.29, 0.717) is 5.33 Å². The van der Waals surface area contributed by atoms with Crippen LogP contribution in [0, 0.1) is 0 Å². The number of halogens is 1. The number of carbonyl (C=O) groups excluding carboxylic acids is 1. The van der Waals surface area contributed by atoms with Gasteiger partial charge in [-0.2, -0.15) is 0 Å². The minimum absolute atomic E-state index is 0.0800. The van der Waals surface area contributed by atoms with Gasteiger partial charge in [0.05, 0.1) is 5.33 Å². The first kappa shape index (κ1) is 17.2. The summed E-state index contributed by atoms with van der Waals surface area (Å²) in [5.41, 5.74) is 0.186. The number of rotatable bonds is 8. The summed E-state index contributed by atoms with van der Waals surface area (Å²) in [5, 5.41) is 11.1. The van der Waals surface area contributed by atoms with E-state index >= 15 is 0 Å². The third-order valence-electron chi connectivity index (χ3n) is 4.03. The number of hydrogen-bond acceptors (Lipinski definition) is 2. The number of unbranched alkanes of at least 4 members (excludes halogenated alkanes) is 4. The first-order valence-corrected chi connectivity index (χ1v) is 9.14. The van der Waals surface area contributed by atoms with Crippen molar-refractivity contribution in [2.45, 2.75) is 51.2 Å². The van der Waals surface area contributed by atoms with Crippen molar-refractivity contribution in [2.24, 2.45) is 0 Å². The zero-order valence-electron chi connectivity index (χ0n) is 13.1. The molecule has 1 heterocycles. The monoisotopic (exact) mass is 365 g/mol. The van der Waals surface area contributed by atoms with E-state index in [1.165, 1.54) is 24.2 Å². The largest absolute Gasteiger partial charge is 0.366 e. The van der Waals surface area contributed by atoms with Gasteiger partial charge in [-0.25, -0.2) is 0 Å². The lowest BCUT2D eigenvalue weighted by atomic mass is 10.1. The van der Waals surface area contributed by atoms with Gasteiger partial charge in [-0.1, -0.05) is 66.7 Å². The van der Waals surface area contributed by atoms with Gasteiger partial charge >= 0.3 is 0 Å². The van der Waals surface area contributed by atoms with Gasteiger partial charge in [-0.15, -0.1) is 0 Å². The van der Waals surface area contributed by atoms with Gasteiger partial charge in [0, 0.05) is 11.3 Å². The van der Waals surface area contributed by atoms with E-state index in [1.54, 1.807) is 6.08 Å². The van der Waals surface area contributed by atoms with E-state index in [2.05, 4.69) is 22.9 Å². The number of nitrogens with zero attached hydrogens (tertiary/aromatic N) is 1. The van der Waals surface area contributed by atoms with Crippen molar-refractivity contribution < 1.29 is 9.90 Å². The second-order valence-corrected chi connectivity index (χ2v) is 6.38. The molecule has 1 N–H and O–H groups in total. The van der Waals surface area contributed by atoms with Crippen LogP contribution in [0.1, 0.15) is 45.4 Å². The molecule has 0 saturated heterocycles. The summed E-state index contributed by atoms with van der Waals surface area (Å²) in [4.78, 5) is 14.2. The Balaban J connectivity index is 2.07. The predicted molar refractivity (Wildman–Crippen MR) is 94.1 cm³/mol. The van der Waals surface area contributed by atoms with Crippen molar-refractivity contribution in [1.82, 2.24) is 0 Å². The van der Waals surface area contributed by atoms with Crippen LogP contribution >= 0.6 is 15.9 Å². The maximum atomic E-state index is 12.7. The molecule has 1 amide bonds. The van der Waals surface area contributed by atoms with Crippen LogP contribution in [0.4, 0.5) is 5.69 Å². The van der Waals surface area contributed by atoms with Crippen LogP contribution in [0.2, 0.25) is 0 Å². The highest BCUT2D eigenvalue weighted by molar-refractivity contribution is 9.09. The Labute approximate surface area is 141 Å². The maximum absolute atomic E-state index is 12.7. The molecule has 0 aliphatic carbocycles. The van der Waals surface area contributed by atoms with Gasteiger partial charge in [-0.3, -0.25) is 9.69 Å². The van der Waals surface area contributed by atoms with Crippen LogP contribution in [-0.4, -0.2) is 22.1 Å². The Bertz CT molecular complexity index is 529. The van der Waals surface area contributed by atoms with Crippen LogP contribution in [0.5, 0.6) is 0 Å². The summed E-state index contributed by atoms with van der Waals surface area (Å²) in [6.45, 7) is 2.19. The number of anilines is 1. The molecule has 0 bridgehead atoms. The summed E-state index contributed by atoms with van der Waals surface area (Å²) in [5.74, 6) is -0.0800. The number of alkyl halides is 1. The van der Waals surface area contributed by atoms with Gasteiger partial charge in [0.2, 0.25) is 0 Å². The molecule has 1 atom stereocenters. The van der Waals surface area contributed by atoms with E-state index < -0.39 is 5.72 Å². The number of para-hydroxylation sites is 1. The molecule has 1 aliphatic heterocycles. The predicted octanol–water partition coefficient (Wildman–Crippen LogP) is 4.40. The summed E-state index contributed by atoms with van der Waals surface area (Å²) in [6.07, 6.45) is 8.26. The molecule has 0 fully saturated rings. The third kappa shape index (κ3) is 3.79. The average molecular weight is 366 g/mol. The second kappa shape index (κ2) is 7.93. The summed E-state index contributed by atoms with van der Waals surface area (Å²) in [6, 6.07) is 9.35. The molecular formula is C18H24BrNO2. The number of carbonyl (C=O) groups is 1. The lowest BCUT2D eigenvalue weighted by Gasteiger charge is -2.31. The van der Waals surface area contributed by atoms with E-state index in [0.717, 1.165) is 30.5 Å². The smallest absolute Gasteiger partial charge is 0.256 e. The standard InChI is InChI=1S/C18H24BrNO2/c1-2-3-4-5-7-10-15-13-18(22,14-19)20(17(15)21)16-11-8-6-9-12-16/h6,8-9,11-13,22H,2-5,7,10,14H2,1H3. The van der Waals surface area contributed by atoms with Crippen LogP contribution in [0.15, 0.2) is 42.0 Å². The van der Waals surface area contributed by atoms with E-state index in [9.17, 15) is 9.90 Å². The fourth-order valence-corrected chi connectivity index (χ4v) is 3.25. The third-order valence-corrected chi connectivity index (χ3v) is 4.86. The molecule has 1 aliphatic rings. The molecule has 0 spiro atoms. The van der Waals surface area contributed by atoms with Crippen LogP contribution in [-0.2, 0) is 4.79 Å². The zero-order valence-corrected chi connectivity index (χ0v) is 14.7. The quantitative estimate of drug-likeness (QED) is 0.547. The Morgan fingerprint density at radius 1 is 1.14 bits per heavy atom. The van der Waals surface area contributed by atoms with Crippen LogP contribution < -0.4 is 4.90 Å². The molecule has 3 nitrogen and oxygen atoms in total. The molecule has 0 radical (unpaired) electrons. The molecular weight excluding hydrogens is 342 g/mol. The Morgan fingerprint density at radius 2 is 1.82 bits per heavy atom. The van der Waals surface area contributed by atoms with Crippen LogP contribution in [0.25, 0.3) is 0 Å². The number of aliphatic hydroxyl groups is 1. The van der Waals surface area contributed by atoms with Crippen LogP contribution in [0.3, 0.4) is 0 Å². The highest BCUT2D eigenvalue weighted by atomic mass is 79.9. The van der Waals surface area contributed by atoms with Crippen molar-refractivity contribution in [3.63, 3.8) is 0 Å². The van der Waals surface area contributed by atoms with E-state index in [1.807, 2.05) is 30.3 Å². The van der Waals surface area contributed by atoms with Crippen molar-refractivity contribution >= 4 is 27.5 Å². The molecule has 1 aromatic rings. The van der Waals surface area contributed by atoms with Gasteiger partial charge < -0.3 is 5.11 Å². The molecule has 120 valence electrons. The molecule has 1 unspecified atom stereocenters. The fourth-order valence-electron chi connectivity index (χ4n) is 2.84. The SMILES string of the molecule is CCCCCCCC1=CC(O)(CBr)N(c2ccccc2)C1=O. The van der Waals surface area contributed by atoms with Gasteiger partial charge in [0.25, 0.3) is 5.91 Å². The van der Waals surface area contributed by atoms with Crippen molar-refractivity contribution in [3.05, 3.63) is 42.0 Å². The topological polar surface area (TPSA) is 40.5 Å². The highest BCUT2D eigenvalue weighted by Gasteiger charge is 2.43. The molecule has 0 aromatic heterocycles. The molecule has 22 heavy (non-hydrogen) atoms. The molecule has 2 rings (SSSR count). The zero-order chi connectivity index (χ0) is 16.0. The minimum atomic E-state index is -1.27. The minimum Gasteiger partial charge on any atom is -0.366 e.